The Morgan fingerprint density at radius 2 is 1.73 bits per heavy atom. The smallest absolute Gasteiger partial charge is 0.339 e. The number of amides is 2. The third-order valence-electron chi connectivity index (χ3n) is 5.68. The molecule has 176 valence electrons. The summed E-state index contributed by atoms with van der Waals surface area (Å²) in [5, 5.41) is 2.67. The summed E-state index contributed by atoms with van der Waals surface area (Å²) in [4.78, 5) is 39.9. The van der Waals surface area contributed by atoms with Crippen LogP contribution in [0.1, 0.15) is 42.5 Å². The van der Waals surface area contributed by atoms with E-state index in [2.05, 4.69) is 5.32 Å². The molecule has 0 aromatic heterocycles. The molecule has 0 heterocycles. The highest BCUT2D eigenvalue weighted by Gasteiger charge is 2.23. The minimum atomic E-state index is -0.601. The standard InChI is InChI=1S/C25H30N2O5S/c1-27(19-8-4-3-5-9-19)24(29)17-33-22-11-7-6-10-21(22)25(30)32-16-23(28)26-18-12-14-20(31-2)15-13-18/h6-7,10-15,19H,3-5,8-9,16-17H2,1-2H3,(H,26,28). The lowest BCUT2D eigenvalue weighted by molar-refractivity contribution is -0.129. The zero-order chi connectivity index (χ0) is 23.6. The number of carbonyl (C=O) groups excluding carboxylic acids is 3. The third kappa shape index (κ3) is 7.25. The fourth-order valence-electron chi connectivity index (χ4n) is 3.75. The van der Waals surface area contributed by atoms with E-state index in [1.165, 1.54) is 18.2 Å². The van der Waals surface area contributed by atoms with Gasteiger partial charge in [0.25, 0.3) is 5.91 Å². The number of benzene rings is 2. The van der Waals surface area contributed by atoms with Gasteiger partial charge in [-0.1, -0.05) is 31.4 Å². The molecule has 0 aliphatic heterocycles. The Morgan fingerprint density at radius 3 is 2.42 bits per heavy atom. The number of methoxy groups -OCH3 is 1. The van der Waals surface area contributed by atoms with E-state index in [1.807, 2.05) is 18.0 Å². The Kier molecular flexibility index (Phi) is 9.18. The van der Waals surface area contributed by atoms with E-state index < -0.39 is 18.5 Å². The lowest BCUT2D eigenvalue weighted by atomic mass is 9.94. The van der Waals surface area contributed by atoms with Crippen LogP contribution in [0.15, 0.2) is 53.4 Å². The van der Waals surface area contributed by atoms with E-state index in [1.54, 1.807) is 49.6 Å². The van der Waals surface area contributed by atoms with Crippen LogP contribution < -0.4 is 10.1 Å². The molecule has 1 saturated carbocycles. The maximum absolute atomic E-state index is 12.7. The van der Waals surface area contributed by atoms with E-state index in [0.29, 0.717) is 27.9 Å². The number of thioether (sulfide) groups is 1. The quantitative estimate of drug-likeness (QED) is 0.433. The molecule has 0 spiro atoms. The molecule has 33 heavy (non-hydrogen) atoms. The summed E-state index contributed by atoms with van der Waals surface area (Å²) in [5.41, 5.74) is 0.918. The summed E-state index contributed by atoms with van der Waals surface area (Å²) in [6.07, 6.45) is 5.66. The van der Waals surface area contributed by atoms with Gasteiger partial charge >= 0.3 is 5.97 Å². The molecule has 0 unspecified atom stereocenters. The molecule has 2 aromatic carbocycles. The van der Waals surface area contributed by atoms with Crippen LogP contribution in [0.2, 0.25) is 0 Å². The number of esters is 1. The molecule has 2 aromatic rings. The number of hydrogen-bond acceptors (Lipinski definition) is 6. The molecule has 1 fully saturated rings. The van der Waals surface area contributed by atoms with Crippen molar-refractivity contribution in [2.24, 2.45) is 0 Å². The second-order valence-electron chi connectivity index (χ2n) is 7.93. The highest BCUT2D eigenvalue weighted by molar-refractivity contribution is 8.00. The maximum atomic E-state index is 12.7. The molecule has 0 saturated heterocycles. The Hall–Kier alpha value is -3.00. The van der Waals surface area contributed by atoms with Crippen LogP contribution in [0.3, 0.4) is 0 Å². The van der Waals surface area contributed by atoms with E-state index in [-0.39, 0.29) is 11.7 Å². The number of rotatable bonds is 9. The molecule has 1 N–H and O–H groups in total. The number of carbonyl (C=O) groups is 3. The molecule has 0 atom stereocenters. The van der Waals surface area contributed by atoms with Crippen LogP contribution in [-0.4, -0.2) is 55.2 Å². The third-order valence-corrected chi connectivity index (χ3v) is 6.74. The topological polar surface area (TPSA) is 84.9 Å². The molecule has 7 nitrogen and oxygen atoms in total. The molecular weight excluding hydrogens is 440 g/mol. The second kappa shape index (κ2) is 12.3. The van der Waals surface area contributed by atoms with Crippen LogP contribution in [0.4, 0.5) is 5.69 Å². The van der Waals surface area contributed by atoms with Gasteiger partial charge in [0.15, 0.2) is 6.61 Å². The lowest BCUT2D eigenvalue weighted by Crippen LogP contribution is -2.39. The van der Waals surface area contributed by atoms with E-state index in [9.17, 15) is 14.4 Å². The molecule has 8 heteroatoms. The molecule has 1 aliphatic rings. The summed E-state index contributed by atoms with van der Waals surface area (Å²) >= 11 is 1.31. The van der Waals surface area contributed by atoms with Crippen molar-refractivity contribution in [3.63, 3.8) is 0 Å². The van der Waals surface area contributed by atoms with Crippen molar-refractivity contribution in [2.75, 3.05) is 31.8 Å². The monoisotopic (exact) mass is 470 g/mol. The first-order valence-electron chi connectivity index (χ1n) is 11.1. The minimum absolute atomic E-state index is 0.0499. The van der Waals surface area contributed by atoms with E-state index in [0.717, 1.165) is 25.7 Å². The summed E-state index contributed by atoms with van der Waals surface area (Å²) in [7, 11) is 3.43. The van der Waals surface area contributed by atoms with Gasteiger partial charge < -0.3 is 19.7 Å². The van der Waals surface area contributed by atoms with E-state index >= 15 is 0 Å². The average molecular weight is 471 g/mol. The number of nitrogens with one attached hydrogen (secondary N) is 1. The van der Waals surface area contributed by atoms with Gasteiger partial charge in [0.2, 0.25) is 5.91 Å². The molecule has 2 amide bonds. The first kappa shape index (κ1) is 24.6. The Bertz CT molecular complexity index is 958. The van der Waals surface area contributed by atoms with Gasteiger partial charge in [-0.2, -0.15) is 0 Å². The summed E-state index contributed by atoms with van der Waals surface area (Å²) in [5.74, 6) is -0.0696. The Labute approximate surface area is 198 Å². The fraction of sp³-hybridized carbons (Fsp3) is 0.400. The molecule has 0 radical (unpaired) electrons. The predicted octanol–water partition coefficient (Wildman–Crippen LogP) is 4.37. The lowest BCUT2D eigenvalue weighted by Gasteiger charge is -2.31. The maximum Gasteiger partial charge on any atom is 0.339 e. The van der Waals surface area contributed by atoms with Crippen molar-refractivity contribution in [3.05, 3.63) is 54.1 Å². The van der Waals surface area contributed by atoms with Gasteiger partial charge in [0, 0.05) is 23.7 Å². The van der Waals surface area contributed by atoms with Gasteiger partial charge in [-0.25, -0.2) is 4.79 Å². The second-order valence-corrected chi connectivity index (χ2v) is 8.95. The summed E-state index contributed by atoms with van der Waals surface area (Å²) < 4.78 is 10.3. The van der Waals surface area contributed by atoms with Crippen molar-refractivity contribution in [1.82, 2.24) is 4.90 Å². The van der Waals surface area contributed by atoms with Crippen LogP contribution in [0.5, 0.6) is 5.75 Å². The van der Waals surface area contributed by atoms with Crippen molar-refractivity contribution >= 4 is 35.2 Å². The molecule has 1 aliphatic carbocycles. The highest BCUT2D eigenvalue weighted by Crippen LogP contribution is 2.26. The molecule has 3 rings (SSSR count). The highest BCUT2D eigenvalue weighted by atomic mass is 32.2. The van der Waals surface area contributed by atoms with Crippen molar-refractivity contribution in [2.45, 2.75) is 43.0 Å². The zero-order valence-corrected chi connectivity index (χ0v) is 19.9. The van der Waals surface area contributed by atoms with Gasteiger partial charge in [-0.3, -0.25) is 9.59 Å². The number of hydrogen-bond donors (Lipinski definition) is 1. The van der Waals surface area contributed by atoms with Crippen molar-refractivity contribution in [1.29, 1.82) is 0 Å². The van der Waals surface area contributed by atoms with Gasteiger partial charge in [-0.15, -0.1) is 11.8 Å². The van der Waals surface area contributed by atoms with Crippen LogP contribution in [0, 0.1) is 0 Å². The van der Waals surface area contributed by atoms with Crippen LogP contribution in [0.25, 0.3) is 0 Å². The molecular formula is C25H30N2O5S. The Morgan fingerprint density at radius 1 is 1.03 bits per heavy atom. The minimum Gasteiger partial charge on any atom is -0.497 e. The first-order chi connectivity index (χ1) is 16.0. The SMILES string of the molecule is COc1ccc(NC(=O)COC(=O)c2ccccc2SCC(=O)N(C)C2CCCCC2)cc1. The van der Waals surface area contributed by atoms with Gasteiger partial charge in [0.1, 0.15) is 5.75 Å². The number of nitrogens with zero attached hydrogens (tertiary/aromatic N) is 1. The predicted molar refractivity (Wildman–Crippen MR) is 129 cm³/mol. The first-order valence-corrected chi connectivity index (χ1v) is 12.0. The normalized spacial score (nSPS) is 13.8. The van der Waals surface area contributed by atoms with Crippen molar-refractivity contribution < 1.29 is 23.9 Å². The summed E-state index contributed by atoms with van der Waals surface area (Å²) in [6, 6.07) is 14.1. The number of anilines is 1. The van der Waals surface area contributed by atoms with Crippen LogP contribution in [-0.2, 0) is 14.3 Å². The zero-order valence-electron chi connectivity index (χ0n) is 19.0. The van der Waals surface area contributed by atoms with Gasteiger partial charge in [-0.05, 0) is 49.2 Å². The number of ether oxygens (including phenoxy) is 2. The van der Waals surface area contributed by atoms with E-state index in [4.69, 9.17) is 9.47 Å². The van der Waals surface area contributed by atoms with Crippen LogP contribution >= 0.6 is 11.8 Å². The Balaban J connectivity index is 1.51. The molecule has 0 bridgehead atoms. The fourth-order valence-corrected chi connectivity index (χ4v) is 4.72. The largest absolute Gasteiger partial charge is 0.497 e. The van der Waals surface area contributed by atoms with Gasteiger partial charge in [0.05, 0.1) is 18.4 Å². The average Bonchev–Trinajstić information content (AvgIpc) is 2.86. The summed E-state index contributed by atoms with van der Waals surface area (Å²) in [6.45, 7) is -0.410. The van der Waals surface area contributed by atoms with Crippen molar-refractivity contribution in [3.8, 4) is 5.75 Å².